The maximum absolute atomic E-state index is 4.80. The fourth-order valence-corrected chi connectivity index (χ4v) is 3.03. The summed E-state index contributed by atoms with van der Waals surface area (Å²) in [6.07, 6.45) is 6.79. The average molecular weight is 225 g/mol. The van der Waals surface area contributed by atoms with E-state index in [4.69, 9.17) is 4.98 Å². The normalized spacial score (nSPS) is 16.8. The van der Waals surface area contributed by atoms with Gasteiger partial charge < -0.3 is 0 Å². The van der Waals surface area contributed by atoms with Crippen molar-refractivity contribution in [2.24, 2.45) is 5.92 Å². The summed E-state index contributed by atoms with van der Waals surface area (Å²) in [5.41, 5.74) is 3.80. The molecule has 1 fully saturated rings. The van der Waals surface area contributed by atoms with Gasteiger partial charge in [0.2, 0.25) is 0 Å². The second-order valence-corrected chi connectivity index (χ2v) is 5.30. The molecule has 17 heavy (non-hydrogen) atoms. The quantitative estimate of drug-likeness (QED) is 0.743. The molecular weight excluding hydrogens is 206 g/mol. The molecule has 0 amide bonds. The van der Waals surface area contributed by atoms with E-state index in [0.29, 0.717) is 0 Å². The third kappa shape index (κ3) is 2.19. The first-order chi connectivity index (χ1) is 8.33. The van der Waals surface area contributed by atoms with Gasteiger partial charge in [0.05, 0.1) is 5.52 Å². The van der Waals surface area contributed by atoms with E-state index in [1.807, 2.05) is 0 Å². The van der Waals surface area contributed by atoms with Crippen LogP contribution in [0.25, 0.3) is 10.9 Å². The topological polar surface area (TPSA) is 12.9 Å². The summed E-state index contributed by atoms with van der Waals surface area (Å²) in [6.45, 7) is 2.20. The number of benzene rings is 1. The summed E-state index contributed by atoms with van der Waals surface area (Å²) >= 11 is 0. The Balaban J connectivity index is 1.94. The molecule has 1 aromatic heterocycles. The van der Waals surface area contributed by atoms with Crippen LogP contribution in [0.2, 0.25) is 0 Å². The highest BCUT2D eigenvalue weighted by Crippen LogP contribution is 2.28. The molecule has 88 valence electrons. The molecule has 0 saturated heterocycles. The van der Waals surface area contributed by atoms with Gasteiger partial charge in [-0.3, -0.25) is 4.98 Å². The molecule has 3 rings (SSSR count). The molecule has 1 nitrogen and oxygen atoms in total. The average Bonchev–Trinajstić information content (AvgIpc) is 2.82. The molecule has 1 aliphatic rings. The molecule has 1 aromatic carbocycles. The third-order valence-corrected chi connectivity index (χ3v) is 3.95. The second-order valence-electron chi connectivity index (χ2n) is 5.30. The van der Waals surface area contributed by atoms with E-state index >= 15 is 0 Å². The molecule has 1 aliphatic carbocycles. The number of pyridine rings is 1. The summed E-state index contributed by atoms with van der Waals surface area (Å²) in [4.78, 5) is 4.80. The zero-order chi connectivity index (χ0) is 11.7. The minimum absolute atomic E-state index is 0.878. The van der Waals surface area contributed by atoms with Crippen molar-refractivity contribution in [3.63, 3.8) is 0 Å². The molecule has 1 saturated carbocycles. The zero-order valence-electron chi connectivity index (χ0n) is 10.4. The second kappa shape index (κ2) is 4.48. The standard InChI is InChI=1S/C16H19N/c1-12-10-14(11-13-6-2-3-7-13)17-16-9-5-4-8-15(12)16/h4-5,8-10,13H,2-3,6-7,11H2,1H3. The molecule has 1 heteroatoms. The van der Waals surface area contributed by atoms with Gasteiger partial charge in [-0.1, -0.05) is 43.9 Å². The number of rotatable bonds is 2. The number of para-hydroxylation sites is 1. The Morgan fingerprint density at radius 1 is 1.18 bits per heavy atom. The van der Waals surface area contributed by atoms with Gasteiger partial charge >= 0.3 is 0 Å². The van der Waals surface area contributed by atoms with Crippen LogP contribution in [-0.2, 0) is 6.42 Å². The molecule has 0 bridgehead atoms. The fourth-order valence-electron chi connectivity index (χ4n) is 3.03. The first-order valence-corrected chi connectivity index (χ1v) is 6.68. The van der Waals surface area contributed by atoms with Crippen LogP contribution in [0.3, 0.4) is 0 Å². The van der Waals surface area contributed by atoms with E-state index in [9.17, 15) is 0 Å². The Morgan fingerprint density at radius 2 is 1.94 bits per heavy atom. The van der Waals surface area contributed by atoms with Crippen molar-refractivity contribution in [2.45, 2.75) is 39.0 Å². The number of nitrogens with zero attached hydrogens (tertiary/aromatic N) is 1. The molecule has 1 heterocycles. The van der Waals surface area contributed by atoms with Crippen molar-refractivity contribution in [2.75, 3.05) is 0 Å². The minimum Gasteiger partial charge on any atom is -0.253 e. The van der Waals surface area contributed by atoms with Crippen molar-refractivity contribution in [1.82, 2.24) is 4.98 Å². The Labute approximate surface area is 103 Å². The maximum atomic E-state index is 4.80. The van der Waals surface area contributed by atoms with Crippen molar-refractivity contribution in [3.05, 3.63) is 41.6 Å². The van der Waals surface area contributed by atoms with Crippen LogP contribution in [0.5, 0.6) is 0 Å². The van der Waals surface area contributed by atoms with Gasteiger partial charge in [-0.25, -0.2) is 0 Å². The van der Waals surface area contributed by atoms with Crippen LogP contribution in [0.15, 0.2) is 30.3 Å². The Morgan fingerprint density at radius 3 is 2.76 bits per heavy atom. The highest BCUT2D eigenvalue weighted by Gasteiger charge is 2.16. The van der Waals surface area contributed by atoms with E-state index in [2.05, 4.69) is 37.3 Å². The van der Waals surface area contributed by atoms with E-state index in [0.717, 1.165) is 11.4 Å². The molecule has 0 radical (unpaired) electrons. The molecule has 0 spiro atoms. The van der Waals surface area contributed by atoms with Gasteiger partial charge in [0.25, 0.3) is 0 Å². The largest absolute Gasteiger partial charge is 0.253 e. The monoisotopic (exact) mass is 225 g/mol. The Kier molecular flexibility index (Phi) is 2.84. The molecule has 0 N–H and O–H groups in total. The van der Waals surface area contributed by atoms with Crippen LogP contribution >= 0.6 is 0 Å². The van der Waals surface area contributed by atoms with E-state index in [1.54, 1.807) is 0 Å². The van der Waals surface area contributed by atoms with E-state index < -0.39 is 0 Å². The Bertz CT molecular complexity index is 524. The van der Waals surface area contributed by atoms with Gasteiger partial charge in [-0.15, -0.1) is 0 Å². The molecule has 2 aromatic rings. The zero-order valence-corrected chi connectivity index (χ0v) is 10.4. The van der Waals surface area contributed by atoms with Crippen molar-refractivity contribution >= 4 is 10.9 Å². The first kappa shape index (κ1) is 10.8. The lowest BCUT2D eigenvalue weighted by atomic mass is 9.99. The SMILES string of the molecule is Cc1cc(CC2CCCC2)nc2ccccc12. The number of aryl methyl sites for hydroxylation is 1. The van der Waals surface area contributed by atoms with Crippen LogP contribution in [-0.4, -0.2) is 4.98 Å². The molecule has 0 aliphatic heterocycles. The smallest absolute Gasteiger partial charge is 0.0707 e. The summed E-state index contributed by atoms with van der Waals surface area (Å²) in [5.74, 6) is 0.878. The van der Waals surface area contributed by atoms with E-state index in [-0.39, 0.29) is 0 Å². The van der Waals surface area contributed by atoms with Crippen LogP contribution in [0, 0.1) is 12.8 Å². The third-order valence-electron chi connectivity index (χ3n) is 3.95. The van der Waals surface area contributed by atoms with Crippen molar-refractivity contribution < 1.29 is 0 Å². The summed E-state index contributed by atoms with van der Waals surface area (Å²) in [5, 5.41) is 1.29. The number of hydrogen-bond donors (Lipinski definition) is 0. The number of fused-ring (bicyclic) bond motifs is 1. The number of aromatic nitrogens is 1. The lowest BCUT2D eigenvalue weighted by Crippen LogP contribution is -2.01. The molecule has 0 atom stereocenters. The van der Waals surface area contributed by atoms with Gasteiger partial charge in [0, 0.05) is 11.1 Å². The van der Waals surface area contributed by atoms with Gasteiger partial charge in [-0.2, -0.15) is 0 Å². The van der Waals surface area contributed by atoms with Crippen LogP contribution < -0.4 is 0 Å². The van der Waals surface area contributed by atoms with Crippen LogP contribution in [0.1, 0.15) is 36.9 Å². The lowest BCUT2D eigenvalue weighted by molar-refractivity contribution is 0.540. The van der Waals surface area contributed by atoms with Gasteiger partial charge in [0.15, 0.2) is 0 Å². The fraction of sp³-hybridized carbons (Fsp3) is 0.438. The lowest BCUT2D eigenvalue weighted by Gasteiger charge is -2.10. The predicted molar refractivity (Wildman–Crippen MR) is 72.1 cm³/mol. The first-order valence-electron chi connectivity index (χ1n) is 6.68. The minimum atomic E-state index is 0.878. The summed E-state index contributed by atoms with van der Waals surface area (Å²) < 4.78 is 0. The highest BCUT2D eigenvalue weighted by atomic mass is 14.7. The van der Waals surface area contributed by atoms with Gasteiger partial charge in [0.1, 0.15) is 0 Å². The van der Waals surface area contributed by atoms with Crippen molar-refractivity contribution in [1.29, 1.82) is 0 Å². The number of hydrogen-bond acceptors (Lipinski definition) is 1. The van der Waals surface area contributed by atoms with E-state index in [1.165, 1.54) is 48.7 Å². The molecular formula is C16H19N. The molecule has 0 unspecified atom stereocenters. The summed E-state index contributed by atoms with van der Waals surface area (Å²) in [6, 6.07) is 10.7. The van der Waals surface area contributed by atoms with Gasteiger partial charge in [-0.05, 0) is 37.0 Å². The highest BCUT2D eigenvalue weighted by molar-refractivity contribution is 5.81. The summed E-state index contributed by atoms with van der Waals surface area (Å²) in [7, 11) is 0. The predicted octanol–water partition coefficient (Wildman–Crippen LogP) is 4.28. The van der Waals surface area contributed by atoms with Crippen LogP contribution in [0.4, 0.5) is 0 Å². The Hall–Kier alpha value is -1.37. The van der Waals surface area contributed by atoms with Crippen molar-refractivity contribution in [3.8, 4) is 0 Å². The maximum Gasteiger partial charge on any atom is 0.0707 e.